The van der Waals surface area contributed by atoms with Crippen LogP contribution < -0.4 is 4.90 Å². The number of likely N-dealkylation sites (tertiary alicyclic amines) is 1. The first kappa shape index (κ1) is 23.3. The quantitative estimate of drug-likeness (QED) is 0.479. The number of nitrogens with zero attached hydrogens (tertiary/aromatic N) is 4. The molecule has 2 heterocycles. The minimum absolute atomic E-state index is 0.0219. The van der Waals surface area contributed by atoms with E-state index in [1.807, 2.05) is 56.2 Å². The number of piperidine rings is 1. The molecule has 2 aromatic rings. The Kier molecular flexibility index (Phi) is 8.07. The van der Waals surface area contributed by atoms with Gasteiger partial charge in [0.25, 0.3) is 0 Å². The van der Waals surface area contributed by atoms with Gasteiger partial charge >= 0.3 is 0 Å². The van der Waals surface area contributed by atoms with Gasteiger partial charge in [-0.2, -0.15) is 0 Å². The van der Waals surface area contributed by atoms with Gasteiger partial charge in [-0.1, -0.05) is 29.5 Å². The molecule has 3 rings (SSSR count). The van der Waals surface area contributed by atoms with Gasteiger partial charge in [0.15, 0.2) is 5.16 Å². The second kappa shape index (κ2) is 10.8. The molecule has 1 aliphatic rings. The average molecular weight is 441 g/mol. The number of thioether (sulfide) groups is 1. The second-order valence-electron chi connectivity index (χ2n) is 8.12. The fraction of sp³-hybridized carbons (Fsp3) is 0.500. The van der Waals surface area contributed by atoms with Crippen LogP contribution in [0.2, 0.25) is 0 Å². The van der Waals surface area contributed by atoms with Crippen molar-refractivity contribution in [3.63, 3.8) is 0 Å². The molecule has 0 spiro atoms. The molecule has 0 radical (unpaired) electrons. The smallest absolute Gasteiger partial charge is 0.242 e. The Bertz CT molecular complexity index is 901. The molecule has 166 valence electrons. The van der Waals surface area contributed by atoms with Crippen LogP contribution in [0.4, 0.5) is 5.69 Å². The maximum atomic E-state index is 13.3. The first-order valence-corrected chi connectivity index (χ1v) is 12.1. The van der Waals surface area contributed by atoms with Crippen LogP contribution in [0.5, 0.6) is 0 Å². The molecule has 31 heavy (non-hydrogen) atoms. The molecule has 1 aliphatic heterocycles. The van der Waals surface area contributed by atoms with Gasteiger partial charge < -0.3 is 9.80 Å². The third kappa shape index (κ3) is 6.06. The summed E-state index contributed by atoms with van der Waals surface area (Å²) in [5, 5.41) is 0.749. The summed E-state index contributed by atoms with van der Waals surface area (Å²) >= 11 is 1.51. The number of aryl methyl sites for hydroxylation is 3. The van der Waals surface area contributed by atoms with Crippen LogP contribution in [0.1, 0.15) is 48.2 Å². The molecule has 1 aromatic heterocycles. The number of anilines is 1. The lowest BCUT2D eigenvalue weighted by Crippen LogP contribution is -2.45. The Labute approximate surface area is 189 Å². The summed E-state index contributed by atoms with van der Waals surface area (Å²) in [7, 11) is 0. The van der Waals surface area contributed by atoms with Gasteiger partial charge in [0.2, 0.25) is 11.8 Å². The number of amides is 2. The Hall–Kier alpha value is -2.41. The van der Waals surface area contributed by atoms with E-state index in [2.05, 4.69) is 9.97 Å². The first-order chi connectivity index (χ1) is 14.9. The highest BCUT2D eigenvalue weighted by molar-refractivity contribution is 7.98. The van der Waals surface area contributed by atoms with Crippen molar-refractivity contribution in [2.45, 2.75) is 58.0 Å². The van der Waals surface area contributed by atoms with Crippen molar-refractivity contribution in [2.24, 2.45) is 0 Å². The van der Waals surface area contributed by atoms with Crippen molar-refractivity contribution in [3.8, 4) is 0 Å². The third-order valence-electron chi connectivity index (χ3n) is 5.82. The van der Waals surface area contributed by atoms with Crippen LogP contribution in [-0.2, 0) is 16.0 Å². The van der Waals surface area contributed by atoms with E-state index in [4.69, 9.17) is 0 Å². The summed E-state index contributed by atoms with van der Waals surface area (Å²) in [5.41, 5.74) is 4.73. The highest BCUT2D eigenvalue weighted by Crippen LogP contribution is 2.21. The molecule has 6 nitrogen and oxygen atoms in total. The Morgan fingerprint density at radius 3 is 2.19 bits per heavy atom. The van der Waals surface area contributed by atoms with Crippen molar-refractivity contribution in [3.05, 3.63) is 46.8 Å². The van der Waals surface area contributed by atoms with Crippen LogP contribution in [0, 0.1) is 20.8 Å². The molecule has 2 amide bonds. The largest absolute Gasteiger partial charge is 0.341 e. The number of hydrogen-bond acceptors (Lipinski definition) is 5. The van der Waals surface area contributed by atoms with Gasteiger partial charge in [-0.25, -0.2) is 9.97 Å². The normalized spacial score (nSPS) is 13.9. The van der Waals surface area contributed by atoms with Gasteiger partial charge in [-0.05, 0) is 70.4 Å². The van der Waals surface area contributed by atoms with E-state index in [1.54, 1.807) is 4.90 Å². The monoisotopic (exact) mass is 440 g/mol. The highest BCUT2D eigenvalue weighted by Gasteiger charge is 2.24. The summed E-state index contributed by atoms with van der Waals surface area (Å²) < 4.78 is 0. The molecule has 0 aliphatic carbocycles. The molecule has 0 unspecified atom stereocenters. The second-order valence-corrected chi connectivity index (χ2v) is 8.89. The molecule has 1 saturated heterocycles. The van der Waals surface area contributed by atoms with Crippen molar-refractivity contribution >= 4 is 29.3 Å². The lowest BCUT2D eigenvalue weighted by molar-refractivity contribution is -0.132. The highest BCUT2D eigenvalue weighted by atomic mass is 32.2. The summed E-state index contributed by atoms with van der Waals surface area (Å²) in [6.07, 6.45) is 6.07. The summed E-state index contributed by atoms with van der Waals surface area (Å²) in [6, 6.07) is 7.79. The van der Waals surface area contributed by atoms with E-state index in [0.29, 0.717) is 12.8 Å². The summed E-state index contributed by atoms with van der Waals surface area (Å²) in [5.74, 6) is -0.0319. The molecule has 0 saturated carbocycles. The Balaban J connectivity index is 1.76. The van der Waals surface area contributed by atoms with Gasteiger partial charge in [-0.3, -0.25) is 9.59 Å². The zero-order valence-corrected chi connectivity index (χ0v) is 19.8. The number of benzene rings is 1. The zero-order valence-electron chi connectivity index (χ0n) is 19.0. The first-order valence-electron chi connectivity index (χ1n) is 10.9. The molecule has 1 aromatic carbocycles. The Morgan fingerprint density at radius 2 is 1.61 bits per heavy atom. The predicted molar refractivity (Wildman–Crippen MR) is 126 cm³/mol. The fourth-order valence-electron chi connectivity index (χ4n) is 3.96. The Morgan fingerprint density at radius 1 is 1.00 bits per heavy atom. The van der Waals surface area contributed by atoms with Crippen molar-refractivity contribution in [2.75, 3.05) is 30.8 Å². The number of rotatable bonds is 7. The number of aromatic nitrogens is 2. The minimum atomic E-state index is -0.0537. The average Bonchev–Trinajstić information content (AvgIpc) is 2.77. The maximum Gasteiger partial charge on any atom is 0.242 e. The van der Waals surface area contributed by atoms with E-state index in [-0.39, 0.29) is 18.4 Å². The number of hydrogen-bond donors (Lipinski definition) is 0. The topological polar surface area (TPSA) is 66.4 Å². The predicted octanol–water partition coefficient (Wildman–Crippen LogP) is 4.10. The SMILES string of the molecule is CSc1nc(C)c(CCC(=O)N(CC(=O)N2CCCCC2)c2ccc(C)cc2)c(C)n1. The zero-order chi connectivity index (χ0) is 22.4. The number of carbonyl (C=O) groups excluding carboxylic acids is 2. The molecule has 1 fully saturated rings. The van der Waals surface area contributed by atoms with Gasteiger partial charge in [0.05, 0.1) is 0 Å². The summed E-state index contributed by atoms with van der Waals surface area (Å²) in [6.45, 7) is 7.59. The van der Waals surface area contributed by atoms with E-state index >= 15 is 0 Å². The molecule has 0 bridgehead atoms. The van der Waals surface area contributed by atoms with Gasteiger partial charge in [0, 0.05) is 36.6 Å². The third-order valence-corrected chi connectivity index (χ3v) is 6.37. The fourth-order valence-corrected chi connectivity index (χ4v) is 4.41. The van der Waals surface area contributed by atoms with Crippen molar-refractivity contribution < 1.29 is 9.59 Å². The maximum absolute atomic E-state index is 13.3. The molecule has 7 heteroatoms. The van der Waals surface area contributed by atoms with Crippen molar-refractivity contribution in [1.82, 2.24) is 14.9 Å². The standard InChI is InChI=1S/C24H32N4O2S/c1-17-8-10-20(11-9-17)28(16-23(30)27-14-6-5-7-15-27)22(29)13-12-21-18(2)25-24(31-4)26-19(21)3/h8-11H,5-7,12-16H2,1-4H3. The lowest BCUT2D eigenvalue weighted by Gasteiger charge is -2.30. The van der Waals surface area contributed by atoms with Crippen LogP contribution in [0.25, 0.3) is 0 Å². The van der Waals surface area contributed by atoms with Crippen LogP contribution in [0.15, 0.2) is 29.4 Å². The van der Waals surface area contributed by atoms with Crippen molar-refractivity contribution in [1.29, 1.82) is 0 Å². The van der Waals surface area contributed by atoms with Crippen LogP contribution in [-0.4, -0.2) is 52.6 Å². The number of carbonyl (C=O) groups is 2. The van der Waals surface area contributed by atoms with E-state index < -0.39 is 0 Å². The van der Waals surface area contributed by atoms with E-state index in [1.165, 1.54) is 18.2 Å². The molecular formula is C24H32N4O2S. The molecule has 0 N–H and O–H groups in total. The van der Waals surface area contributed by atoms with Crippen LogP contribution >= 0.6 is 11.8 Å². The van der Waals surface area contributed by atoms with E-state index in [0.717, 1.165) is 59.3 Å². The van der Waals surface area contributed by atoms with Crippen LogP contribution in [0.3, 0.4) is 0 Å². The van der Waals surface area contributed by atoms with Gasteiger partial charge in [-0.15, -0.1) is 0 Å². The van der Waals surface area contributed by atoms with E-state index in [9.17, 15) is 9.59 Å². The molecular weight excluding hydrogens is 408 g/mol. The molecule has 0 atom stereocenters. The minimum Gasteiger partial charge on any atom is -0.341 e. The summed E-state index contributed by atoms with van der Waals surface area (Å²) in [4.78, 5) is 38.8. The lowest BCUT2D eigenvalue weighted by atomic mass is 10.1. The van der Waals surface area contributed by atoms with Gasteiger partial charge in [0.1, 0.15) is 6.54 Å².